The summed E-state index contributed by atoms with van der Waals surface area (Å²) in [5, 5.41) is 11.0. The second-order valence-corrected chi connectivity index (χ2v) is 11.0. The lowest BCUT2D eigenvalue weighted by Crippen LogP contribution is -2.60. The van der Waals surface area contributed by atoms with Gasteiger partial charge in [0.05, 0.1) is 17.3 Å². The van der Waals surface area contributed by atoms with Crippen LogP contribution in [0.25, 0.3) is 0 Å². The van der Waals surface area contributed by atoms with Gasteiger partial charge in [-0.2, -0.15) is 0 Å². The third kappa shape index (κ3) is 2.63. The molecule has 6 atom stereocenters. The molecule has 4 aliphatic rings. The summed E-state index contributed by atoms with van der Waals surface area (Å²) in [6, 6.07) is 5.11. The van der Waals surface area contributed by atoms with Gasteiger partial charge in [-0.25, -0.2) is 0 Å². The molecule has 1 aromatic rings. The first-order valence-corrected chi connectivity index (χ1v) is 12.5. The maximum Gasteiger partial charge on any atom is 0.254 e. The van der Waals surface area contributed by atoms with Crippen LogP contribution in [-0.4, -0.2) is 60.8 Å². The molecule has 6 unspecified atom stereocenters. The molecule has 10 heteroatoms. The van der Waals surface area contributed by atoms with Gasteiger partial charge in [0, 0.05) is 18.5 Å². The number of carbonyl (C=O) groups is 4. The summed E-state index contributed by atoms with van der Waals surface area (Å²) < 4.78 is 0. The van der Waals surface area contributed by atoms with Crippen molar-refractivity contribution in [2.24, 2.45) is 17.8 Å². The van der Waals surface area contributed by atoms with E-state index in [0.717, 1.165) is 9.80 Å². The third-order valence-electron chi connectivity index (χ3n) is 7.82. The Labute approximate surface area is 208 Å². The molecule has 174 valence electrons. The molecule has 0 bridgehead atoms. The molecule has 0 radical (unpaired) electrons. The van der Waals surface area contributed by atoms with E-state index in [1.807, 2.05) is 6.08 Å². The highest BCUT2D eigenvalue weighted by Gasteiger charge is 2.76. The Morgan fingerprint density at radius 2 is 1.82 bits per heavy atom. The normalized spacial score (nSPS) is 37.8. The molecule has 3 fully saturated rings. The van der Waals surface area contributed by atoms with E-state index >= 15 is 0 Å². The van der Waals surface area contributed by atoms with Gasteiger partial charge in [0.2, 0.25) is 11.8 Å². The number of carbonyl (C=O) groups excluding carboxylic acids is 4. The summed E-state index contributed by atoms with van der Waals surface area (Å²) in [6.07, 6.45) is 2.09. The van der Waals surface area contributed by atoms with E-state index in [2.05, 4.69) is 15.9 Å². The molecule has 1 saturated carbocycles. The topological polar surface area (TPSA) is 95.0 Å². The monoisotopic (exact) mass is 554 g/mol. The summed E-state index contributed by atoms with van der Waals surface area (Å²) >= 11 is 17.3. The third-order valence-corrected chi connectivity index (χ3v) is 9.73. The fourth-order valence-corrected chi connectivity index (χ4v) is 7.59. The summed E-state index contributed by atoms with van der Waals surface area (Å²) in [5.74, 6) is -4.73. The number of fused-ring (bicyclic) bond motifs is 4. The minimum Gasteiger partial charge on any atom is -0.507 e. The number of halogens is 3. The number of imide groups is 2. The van der Waals surface area contributed by atoms with E-state index in [-0.39, 0.29) is 29.4 Å². The maximum absolute atomic E-state index is 13.6. The maximum atomic E-state index is 13.6. The molecule has 1 aromatic carbocycles. The highest BCUT2D eigenvalue weighted by molar-refractivity contribution is 9.09. The second-order valence-electron chi connectivity index (χ2n) is 9.23. The summed E-state index contributed by atoms with van der Waals surface area (Å²) in [5.41, 5.74) is 1.52. The van der Waals surface area contributed by atoms with Crippen LogP contribution in [0.4, 0.5) is 0 Å². The molecular weight excluding hydrogens is 535 g/mol. The van der Waals surface area contributed by atoms with Crippen molar-refractivity contribution in [1.29, 1.82) is 0 Å². The molecular formula is C23H21BrCl2N2O5. The van der Waals surface area contributed by atoms with Crippen molar-refractivity contribution in [3.8, 4) is 5.75 Å². The Bertz CT molecular complexity index is 1170. The van der Waals surface area contributed by atoms with Crippen LogP contribution in [-0.2, 0) is 19.2 Å². The molecule has 1 N–H and O–H groups in total. The number of aryl methyl sites for hydroxylation is 1. The van der Waals surface area contributed by atoms with Gasteiger partial charge in [0.1, 0.15) is 5.75 Å². The lowest BCUT2D eigenvalue weighted by molar-refractivity contribution is -0.140. The number of hydrogen-bond acceptors (Lipinski definition) is 5. The van der Waals surface area contributed by atoms with Crippen LogP contribution in [0.2, 0.25) is 0 Å². The molecule has 4 amide bonds. The van der Waals surface area contributed by atoms with Gasteiger partial charge in [0.15, 0.2) is 9.75 Å². The number of rotatable bonds is 2. The zero-order chi connectivity index (χ0) is 24.0. The standard InChI is InChI=1S/C23H21BrCl2N2O5/c1-10-4-3-5-13(17(10)29)16-11-6-7-12-15(19(31)27(2)18(12)30)14(11)8-22(25)20(32)28(9-24)21(33)23(16,22)26/h3-6,12,14-16,29H,7-9H2,1-2H3. The average molecular weight is 556 g/mol. The van der Waals surface area contributed by atoms with Crippen molar-refractivity contribution < 1.29 is 24.3 Å². The molecule has 2 heterocycles. The number of nitrogens with zero attached hydrogens (tertiary/aromatic N) is 2. The minimum atomic E-state index is -1.91. The first-order valence-electron chi connectivity index (χ1n) is 10.6. The van der Waals surface area contributed by atoms with Crippen molar-refractivity contribution >= 4 is 62.8 Å². The smallest absolute Gasteiger partial charge is 0.254 e. The van der Waals surface area contributed by atoms with Gasteiger partial charge in [0.25, 0.3) is 11.8 Å². The Kier molecular flexibility index (Phi) is 5.06. The number of likely N-dealkylation sites (tertiary alicyclic amines) is 2. The Hall–Kier alpha value is -1.90. The van der Waals surface area contributed by atoms with Gasteiger partial charge in [-0.05, 0) is 31.2 Å². The highest BCUT2D eigenvalue weighted by Crippen LogP contribution is 2.66. The van der Waals surface area contributed by atoms with Crippen molar-refractivity contribution in [2.45, 2.75) is 35.4 Å². The predicted octanol–water partition coefficient (Wildman–Crippen LogP) is 3.04. The Morgan fingerprint density at radius 1 is 1.12 bits per heavy atom. The lowest BCUT2D eigenvalue weighted by Gasteiger charge is -2.50. The predicted molar refractivity (Wildman–Crippen MR) is 124 cm³/mol. The molecule has 5 rings (SSSR count). The molecule has 7 nitrogen and oxygen atoms in total. The van der Waals surface area contributed by atoms with Crippen LogP contribution < -0.4 is 0 Å². The SMILES string of the molecule is Cc1cccc(C2C3=CCC4C(=O)N(C)C(=O)C4C3CC3(Cl)C(=O)N(CBr)C(=O)C23Cl)c1O. The van der Waals surface area contributed by atoms with Gasteiger partial charge in [-0.1, -0.05) is 45.8 Å². The number of phenolic OH excluding ortho intramolecular Hbond substituents is 1. The summed E-state index contributed by atoms with van der Waals surface area (Å²) in [7, 11) is 1.45. The van der Waals surface area contributed by atoms with Crippen LogP contribution >= 0.6 is 39.1 Å². The number of amides is 4. The number of allylic oxidation sites excluding steroid dienone is 2. The molecule has 2 saturated heterocycles. The largest absolute Gasteiger partial charge is 0.507 e. The first kappa shape index (κ1) is 22.9. The van der Waals surface area contributed by atoms with E-state index in [1.54, 1.807) is 25.1 Å². The van der Waals surface area contributed by atoms with Gasteiger partial charge >= 0.3 is 0 Å². The van der Waals surface area contributed by atoms with Crippen LogP contribution in [0.5, 0.6) is 5.75 Å². The highest BCUT2D eigenvalue weighted by atomic mass is 79.9. The zero-order valence-corrected chi connectivity index (χ0v) is 20.9. The molecule has 2 aliphatic carbocycles. The summed E-state index contributed by atoms with van der Waals surface area (Å²) in [4.78, 5) is 51.1. The Balaban J connectivity index is 1.78. The van der Waals surface area contributed by atoms with Gasteiger partial charge in [-0.15, -0.1) is 23.2 Å². The second kappa shape index (κ2) is 7.30. The van der Waals surface area contributed by atoms with Crippen molar-refractivity contribution in [2.75, 3.05) is 12.5 Å². The molecule has 0 aromatic heterocycles. The molecule has 2 aliphatic heterocycles. The van der Waals surface area contributed by atoms with Gasteiger partial charge in [-0.3, -0.25) is 29.0 Å². The lowest BCUT2D eigenvalue weighted by atomic mass is 9.56. The van der Waals surface area contributed by atoms with Crippen molar-refractivity contribution in [1.82, 2.24) is 9.80 Å². The fourth-order valence-electron chi connectivity index (χ4n) is 6.17. The fraction of sp³-hybridized carbons (Fsp3) is 0.478. The number of benzene rings is 1. The minimum absolute atomic E-state index is 0.0475. The van der Waals surface area contributed by atoms with E-state index in [1.165, 1.54) is 7.05 Å². The van der Waals surface area contributed by atoms with E-state index < -0.39 is 45.2 Å². The number of aromatic hydroxyl groups is 1. The number of para-hydroxylation sites is 1. The van der Waals surface area contributed by atoms with Crippen molar-refractivity contribution in [3.63, 3.8) is 0 Å². The number of phenols is 1. The molecule has 33 heavy (non-hydrogen) atoms. The molecule has 0 spiro atoms. The van der Waals surface area contributed by atoms with Crippen LogP contribution in [0.3, 0.4) is 0 Å². The zero-order valence-electron chi connectivity index (χ0n) is 17.8. The van der Waals surface area contributed by atoms with Crippen LogP contribution in [0, 0.1) is 24.7 Å². The Morgan fingerprint density at radius 3 is 2.48 bits per heavy atom. The van der Waals surface area contributed by atoms with Crippen molar-refractivity contribution in [3.05, 3.63) is 41.0 Å². The van der Waals surface area contributed by atoms with E-state index in [9.17, 15) is 24.3 Å². The number of alkyl halides is 3. The van der Waals surface area contributed by atoms with Gasteiger partial charge < -0.3 is 5.11 Å². The number of hydrogen-bond donors (Lipinski definition) is 1. The van der Waals surface area contributed by atoms with E-state index in [4.69, 9.17) is 23.2 Å². The quantitative estimate of drug-likeness (QED) is 0.262. The van der Waals surface area contributed by atoms with E-state index in [0.29, 0.717) is 23.1 Å². The first-order chi connectivity index (χ1) is 15.5. The summed E-state index contributed by atoms with van der Waals surface area (Å²) in [6.45, 7) is 1.72. The van der Waals surface area contributed by atoms with Crippen LogP contribution in [0.1, 0.15) is 29.9 Å². The van der Waals surface area contributed by atoms with Crippen LogP contribution in [0.15, 0.2) is 29.8 Å². The average Bonchev–Trinajstić information content (AvgIpc) is 3.09.